The van der Waals surface area contributed by atoms with Crippen LogP contribution in [0, 0.1) is 13.8 Å². The van der Waals surface area contributed by atoms with Crippen molar-refractivity contribution < 1.29 is 0 Å². The molecule has 0 aliphatic carbocycles. The molecule has 3 rings (SSSR count). The lowest BCUT2D eigenvalue weighted by Crippen LogP contribution is -1.95. The van der Waals surface area contributed by atoms with Crippen molar-refractivity contribution in [2.45, 2.75) is 13.8 Å². The molecule has 0 amide bonds. The number of nitrogens with two attached hydrogens (primary N) is 1. The maximum atomic E-state index is 5.76. The van der Waals surface area contributed by atoms with Gasteiger partial charge >= 0.3 is 0 Å². The van der Waals surface area contributed by atoms with Crippen molar-refractivity contribution in [3.63, 3.8) is 0 Å². The van der Waals surface area contributed by atoms with Crippen molar-refractivity contribution in [3.8, 4) is 0 Å². The lowest BCUT2D eigenvalue weighted by atomic mass is 10.1. The van der Waals surface area contributed by atoms with Gasteiger partial charge in [0.2, 0.25) is 5.95 Å². The summed E-state index contributed by atoms with van der Waals surface area (Å²) in [4.78, 5) is 7.73. The number of nitrogens with zero attached hydrogens (tertiary/aromatic N) is 1. The van der Waals surface area contributed by atoms with Crippen LogP contribution in [-0.4, -0.2) is 9.97 Å². The first-order chi connectivity index (χ1) is 9.11. The van der Waals surface area contributed by atoms with Gasteiger partial charge in [0.05, 0.1) is 11.0 Å². The molecule has 1 heterocycles. The minimum atomic E-state index is 0.731. The summed E-state index contributed by atoms with van der Waals surface area (Å²) in [5, 5.41) is 3.31. The smallest absolute Gasteiger partial charge is 0.205 e. The van der Waals surface area contributed by atoms with Crippen LogP contribution in [0.5, 0.6) is 0 Å². The molecule has 2 aromatic carbocycles. The van der Waals surface area contributed by atoms with Gasteiger partial charge in [0.1, 0.15) is 0 Å². The molecule has 0 spiro atoms. The van der Waals surface area contributed by atoms with E-state index in [9.17, 15) is 0 Å². The molecule has 19 heavy (non-hydrogen) atoms. The highest BCUT2D eigenvalue weighted by molar-refractivity contribution is 5.81. The Bertz CT molecular complexity index is 743. The number of imidazole rings is 1. The molecule has 0 aliphatic rings. The minimum absolute atomic E-state index is 0.731. The van der Waals surface area contributed by atoms with Gasteiger partial charge in [-0.2, -0.15) is 0 Å². The minimum Gasteiger partial charge on any atom is -0.399 e. The van der Waals surface area contributed by atoms with E-state index in [1.807, 2.05) is 18.2 Å². The van der Waals surface area contributed by atoms with Crippen LogP contribution < -0.4 is 11.1 Å². The number of benzene rings is 2. The molecule has 96 valence electrons. The van der Waals surface area contributed by atoms with E-state index < -0.39 is 0 Å². The van der Waals surface area contributed by atoms with Gasteiger partial charge in [0.25, 0.3) is 0 Å². The monoisotopic (exact) mass is 252 g/mol. The SMILES string of the molecule is Cc1ccc(C)c(Nc2nc3ccc(N)cc3[nH]2)c1. The van der Waals surface area contributed by atoms with Crippen LogP contribution in [0.15, 0.2) is 36.4 Å². The number of aromatic nitrogens is 2. The van der Waals surface area contributed by atoms with Gasteiger partial charge in [0, 0.05) is 11.4 Å². The second-order valence-electron chi connectivity index (χ2n) is 4.81. The maximum absolute atomic E-state index is 5.76. The van der Waals surface area contributed by atoms with Crippen LogP contribution in [0.2, 0.25) is 0 Å². The van der Waals surface area contributed by atoms with Crippen molar-refractivity contribution >= 4 is 28.4 Å². The summed E-state index contributed by atoms with van der Waals surface area (Å²) in [6.45, 7) is 4.15. The number of aryl methyl sites for hydroxylation is 2. The number of anilines is 3. The lowest BCUT2D eigenvalue weighted by molar-refractivity contribution is 1.28. The third-order valence-corrected chi connectivity index (χ3v) is 3.15. The number of hydrogen-bond acceptors (Lipinski definition) is 3. The van der Waals surface area contributed by atoms with Gasteiger partial charge in [-0.05, 0) is 49.2 Å². The van der Waals surface area contributed by atoms with E-state index in [1.54, 1.807) is 0 Å². The molecule has 4 N–H and O–H groups in total. The standard InChI is InChI=1S/C15H16N4/c1-9-3-4-10(2)13(7-9)18-15-17-12-6-5-11(16)8-14(12)19-15/h3-8H,16H2,1-2H3,(H2,17,18,19). The van der Waals surface area contributed by atoms with Crippen molar-refractivity contribution in [1.29, 1.82) is 0 Å². The Morgan fingerprint density at radius 2 is 1.95 bits per heavy atom. The van der Waals surface area contributed by atoms with Crippen LogP contribution in [0.25, 0.3) is 11.0 Å². The fourth-order valence-electron chi connectivity index (χ4n) is 2.08. The summed E-state index contributed by atoms with van der Waals surface area (Å²) >= 11 is 0. The molecule has 0 bridgehead atoms. The molecule has 0 aliphatic heterocycles. The number of nitrogens with one attached hydrogen (secondary N) is 2. The van der Waals surface area contributed by atoms with Crippen molar-refractivity contribution in [1.82, 2.24) is 9.97 Å². The first kappa shape index (κ1) is 11.6. The third-order valence-electron chi connectivity index (χ3n) is 3.15. The summed E-state index contributed by atoms with van der Waals surface area (Å²) < 4.78 is 0. The Morgan fingerprint density at radius 3 is 2.79 bits per heavy atom. The maximum Gasteiger partial charge on any atom is 0.205 e. The van der Waals surface area contributed by atoms with Gasteiger partial charge in [-0.15, -0.1) is 0 Å². The highest BCUT2D eigenvalue weighted by atomic mass is 15.1. The number of fused-ring (bicyclic) bond motifs is 1. The Hall–Kier alpha value is -2.49. The van der Waals surface area contributed by atoms with E-state index in [0.717, 1.165) is 28.4 Å². The number of aromatic amines is 1. The van der Waals surface area contributed by atoms with Crippen LogP contribution in [0.3, 0.4) is 0 Å². The Morgan fingerprint density at radius 1 is 1.11 bits per heavy atom. The second-order valence-corrected chi connectivity index (χ2v) is 4.81. The van der Waals surface area contributed by atoms with Crippen LogP contribution >= 0.6 is 0 Å². The van der Waals surface area contributed by atoms with E-state index in [4.69, 9.17) is 5.73 Å². The molecule has 0 radical (unpaired) electrons. The summed E-state index contributed by atoms with van der Waals surface area (Å²) in [5.41, 5.74) is 11.8. The Labute approximate surface area is 111 Å². The van der Waals surface area contributed by atoms with Gasteiger partial charge in [-0.3, -0.25) is 0 Å². The highest BCUT2D eigenvalue weighted by Crippen LogP contribution is 2.23. The average molecular weight is 252 g/mol. The highest BCUT2D eigenvalue weighted by Gasteiger charge is 2.05. The molecule has 0 saturated heterocycles. The lowest BCUT2D eigenvalue weighted by Gasteiger charge is -2.07. The fourth-order valence-corrected chi connectivity index (χ4v) is 2.08. The molecule has 0 atom stereocenters. The fraction of sp³-hybridized carbons (Fsp3) is 0.133. The largest absolute Gasteiger partial charge is 0.399 e. The number of rotatable bonds is 2. The van der Waals surface area contributed by atoms with Crippen LogP contribution in [0.1, 0.15) is 11.1 Å². The number of nitrogen functional groups attached to an aromatic ring is 1. The zero-order chi connectivity index (χ0) is 13.4. The van der Waals surface area contributed by atoms with Gasteiger partial charge < -0.3 is 16.0 Å². The van der Waals surface area contributed by atoms with Gasteiger partial charge in [-0.1, -0.05) is 12.1 Å². The van der Waals surface area contributed by atoms with Gasteiger partial charge in [-0.25, -0.2) is 4.98 Å². The van der Waals surface area contributed by atoms with E-state index in [-0.39, 0.29) is 0 Å². The molecule has 0 fully saturated rings. The zero-order valence-corrected chi connectivity index (χ0v) is 11.0. The zero-order valence-electron chi connectivity index (χ0n) is 11.0. The Kier molecular flexibility index (Phi) is 2.63. The van der Waals surface area contributed by atoms with Crippen molar-refractivity contribution in [2.75, 3.05) is 11.1 Å². The molecule has 4 nitrogen and oxygen atoms in total. The predicted octanol–water partition coefficient (Wildman–Crippen LogP) is 3.51. The number of H-pyrrole nitrogens is 1. The second kappa shape index (κ2) is 4.31. The molecule has 0 unspecified atom stereocenters. The summed E-state index contributed by atoms with van der Waals surface area (Å²) in [6, 6.07) is 12.0. The van der Waals surface area contributed by atoms with Crippen molar-refractivity contribution in [2.24, 2.45) is 0 Å². The molecular weight excluding hydrogens is 236 g/mol. The first-order valence-electron chi connectivity index (χ1n) is 6.21. The van der Waals surface area contributed by atoms with E-state index >= 15 is 0 Å². The molecular formula is C15H16N4. The topological polar surface area (TPSA) is 66.7 Å². The van der Waals surface area contributed by atoms with E-state index in [0.29, 0.717) is 0 Å². The van der Waals surface area contributed by atoms with E-state index in [1.165, 1.54) is 11.1 Å². The third kappa shape index (κ3) is 2.25. The molecule has 3 aromatic rings. The Balaban J connectivity index is 1.98. The quantitative estimate of drug-likeness (QED) is 0.611. The number of hydrogen-bond donors (Lipinski definition) is 3. The molecule has 1 aromatic heterocycles. The summed E-state index contributed by atoms with van der Waals surface area (Å²) in [5.74, 6) is 0.731. The van der Waals surface area contributed by atoms with Crippen LogP contribution in [-0.2, 0) is 0 Å². The van der Waals surface area contributed by atoms with Crippen molar-refractivity contribution in [3.05, 3.63) is 47.5 Å². The summed E-state index contributed by atoms with van der Waals surface area (Å²) in [7, 11) is 0. The normalized spacial score (nSPS) is 10.8. The average Bonchev–Trinajstić information content (AvgIpc) is 2.75. The summed E-state index contributed by atoms with van der Waals surface area (Å²) in [6.07, 6.45) is 0. The van der Waals surface area contributed by atoms with Crippen LogP contribution in [0.4, 0.5) is 17.3 Å². The molecule has 0 saturated carbocycles. The molecule has 4 heteroatoms. The predicted molar refractivity (Wildman–Crippen MR) is 79.7 cm³/mol. The first-order valence-corrected chi connectivity index (χ1v) is 6.21. The van der Waals surface area contributed by atoms with E-state index in [2.05, 4.69) is 47.3 Å². The van der Waals surface area contributed by atoms with Gasteiger partial charge in [0.15, 0.2) is 0 Å².